The Morgan fingerprint density at radius 1 is 1.39 bits per heavy atom. The van der Waals surface area contributed by atoms with Crippen LogP contribution in [-0.4, -0.2) is 47.1 Å². The first-order chi connectivity index (χ1) is 8.78. The molecule has 1 aliphatic rings. The minimum Gasteiger partial charge on any atom is -0.366 e. The smallest absolute Gasteiger partial charge is 0.224 e. The normalized spacial score (nSPS) is 17.7. The number of hydrogen-bond donors (Lipinski definition) is 2. The highest BCUT2D eigenvalue weighted by molar-refractivity contribution is 5.40. The van der Waals surface area contributed by atoms with Crippen LogP contribution in [0.2, 0.25) is 0 Å². The highest BCUT2D eigenvalue weighted by atomic mass is 15.2. The van der Waals surface area contributed by atoms with E-state index in [-0.39, 0.29) is 0 Å². The van der Waals surface area contributed by atoms with E-state index in [1.54, 1.807) is 6.20 Å². The zero-order valence-corrected chi connectivity index (χ0v) is 11.3. The molecule has 18 heavy (non-hydrogen) atoms. The van der Waals surface area contributed by atoms with Crippen LogP contribution in [0.15, 0.2) is 12.3 Å². The lowest BCUT2D eigenvalue weighted by atomic mass is 10.3. The van der Waals surface area contributed by atoms with Gasteiger partial charge in [0.2, 0.25) is 5.95 Å². The molecule has 1 unspecified atom stereocenters. The van der Waals surface area contributed by atoms with Gasteiger partial charge in [0.05, 0.1) is 0 Å². The SMILES string of the molecule is CCNc1nccc(NC(C)CN2CCCC2)n1. The van der Waals surface area contributed by atoms with Crippen molar-refractivity contribution in [3.63, 3.8) is 0 Å². The van der Waals surface area contributed by atoms with E-state index in [0.717, 1.165) is 18.9 Å². The maximum absolute atomic E-state index is 4.43. The van der Waals surface area contributed by atoms with E-state index in [1.165, 1.54) is 25.9 Å². The second-order valence-electron chi connectivity index (χ2n) is 4.85. The van der Waals surface area contributed by atoms with Crippen molar-refractivity contribution in [3.05, 3.63) is 12.3 Å². The molecule has 0 aliphatic carbocycles. The maximum atomic E-state index is 4.43. The molecule has 0 spiro atoms. The molecular formula is C13H23N5. The molecule has 5 nitrogen and oxygen atoms in total. The molecule has 2 heterocycles. The zero-order valence-electron chi connectivity index (χ0n) is 11.3. The van der Waals surface area contributed by atoms with E-state index in [4.69, 9.17) is 0 Å². The van der Waals surface area contributed by atoms with Gasteiger partial charge in [-0.25, -0.2) is 4.98 Å². The molecule has 0 bridgehead atoms. The van der Waals surface area contributed by atoms with Crippen molar-refractivity contribution in [2.24, 2.45) is 0 Å². The summed E-state index contributed by atoms with van der Waals surface area (Å²) in [6.07, 6.45) is 4.46. The summed E-state index contributed by atoms with van der Waals surface area (Å²) in [4.78, 5) is 11.1. The number of nitrogens with zero attached hydrogens (tertiary/aromatic N) is 3. The lowest BCUT2D eigenvalue weighted by Crippen LogP contribution is -2.33. The average molecular weight is 249 g/mol. The van der Waals surface area contributed by atoms with Crippen molar-refractivity contribution in [2.45, 2.75) is 32.7 Å². The monoisotopic (exact) mass is 249 g/mol. The van der Waals surface area contributed by atoms with Gasteiger partial charge in [-0.05, 0) is 45.8 Å². The first kappa shape index (κ1) is 13.1. The van der Waals surface area contributed by atoms with Crippen molar-refractivity contribution < 1.29 is 0 Å². The van der Waals surface area contributed by atoms with Gasteiger partial charge in [-0.3, -0.25) is 0 Å². The fourth-order valence-corrected chi connectivity index (χ4v) is 2.33. The van der Waals surface area contributed by atoms with Crippen LogP contribution in [-0.2, 0) is 0 Å². The summed E-state index contributed by atoms with van der Waals surface area (Å²) in [6, 6.07) is 2.33. The lowest BCUT2D eigenvalue weighted by molar-refractivity contribution is 0.327. The molecular weight excluding hydrogens is 226 g/mol. The largest absolute Gasteiger partial charge is 0.366 e. The van der Waals surface area contributed by atoms with Crippen LogP contribution >= 0.6 is 0 Å². The van der Waals surface area contributed by atoms with E-state index in [9.17, 15) is 0 Å². The molecule has 1 aromatic heterocycles. The van der Waals surface area contributed by atoms with Gasteiger partial charge in [0.1, 0.15) is 5.82 Å². The standard InChI is InChI=1S/C13H23N5/c1-3-14-13-15-7-6-12(17-13)16-11(2)10-18-8-4-5-9-18/h6-7,11H,3-5,8-10H2,1-2H3,(H2,14,15,16,17). The summed E-state index contributed by atoms with van der Waals surface area (Å²) >= 11 is 0. The van der Waals surface area contributed by atoms with E-state index in [0.29, 0.717) is 12.0 Å². The second kappa shape index (κ2) is 6.54. The molecule has 2 N–H and O–H groups in total. The Morgan fingerprint density at radius 3 is 2.89 bits per heavy atom. The molecule has 1 atom stereocenters. The second-order valence-corrected chi connectivity index (χ2v) is 4.85. The first-order valence-corrected chi connectivity index (χ1v) is 6.83. The molecule has 1 fully saturated rings. The highest BCUT2D eigenvalue weighted by Crippen LogP contribution is 2.11. The van der Waals surface area contributed by atoms with Crippen molar-refractivity contribution >= 4 is 11.8 Å². The molecule has 5 heteroatoms. The van der Waals surface area contributed by atoms with Crippen LogP contribution in [0.1, 0.15) is 26.7 Å². The van der Waals surface area contributed by atoms with Gasteiger partial charge in [0, 0.05) is 25.3 Å². The molecule has 1 saturated heterocycles. The van der Waals surface area contributed by atoms with E-state index < -0.39 is 0 Å². The summed E-state index contributed by atoms with van der Waals surface area (Å²) < 4.78 is 0. The Balaban J connectivity index is 1.85. The average Bonchev–Trinajstić information content (AvgIpc) is 2.82. The number of nitrogens with one attached hydrogen (secondary N) is 2. The van der Waals surface area contributed by atoms with Crippen molar-refractivity contribution in [3.8, 4) is 0 Å². The first-order valence-electron chi connectivity index (χ1n) is 6.83. The van der Waals surface area contributed by atoms with Crippen LogP contribution in [0.3, 0.4) is 0 Å². The quantitative estimate of drug-likeness (QED) is 0.805. The van der Waals surface area contributed by atoms with Gasteiger partial charge in [-0.15, -0.1) is 0 Å². The summed E-state index contributed by atoms with van der Waals surface area (Å²) in [7, 11) is 0. The number of anilines is 2. The summed E-state index contributed by atoms with van der Waals surface area (Å²) in [5.74, 6) is 1.59. The zero-order chi connectivity index (χ0) is 12.8. The Labute approximate surface area is 109 Å². The van der Waals surface area contributed by atoms with Crippen LogP contribution in [0.25, 0.3) is 0 Å². The molecule has 0 radical (unpaired) electrons. The van der Waals surface area contributed by atoms with Crippen molar-refractivity contribution in [2.75, 3.05) is 36.8 Å². The van der Waals surface area contributed by atoms with Gasteiger partial charge in [0.25, 0.3) is 0 Å². The molecule has 0 aromatic carbocycles. The minimum atomic E-state index is 0.410. The molecule has 2 rings (SSSR count). The van der Waals surface area contributed by atoms with Crippen LogP contribution in [0, 0.1) is 0 Å². The van der Waals surface area contributed by atoms with Crippen molar-refractivity contribution in [1.29, 1.82) is 0 Å². The molecule has 0 amide bonds. The van der Waals surface area contributed by atoms with Crippen LogP contribution < -0.4 is 10.6 Å². The molecule has 100 valence electrons. The number of aromatic nitrogens is 2. The summed E-state index contributed by atoms with van der Waals surface area (Å²) in [6.45, 7) is 8.64. The number of likely N-dealkylation sites (tertiary alicyclic amines) is 1. The van der Waals surface area contributed by atoms with Crippen molar-refractivity contribution in [1.82, 2.24) is 14.9 Å². The van der Waals surface area contributed by atoms with Crippen LogP contribution in [0.4, 0.5) is 11.8 Å². The number of hydrogen-bond acceptors (Lipinski definition) is 5. The Kier molecular flexibility index (Phi) is 4.75. The topological polar surface area (TPSA) is 53.1 Å². The lowest BCUT2D eigenvalue weighted by Gasteiger charge is -2.21. The fraction of sp³-hybridized carbons (Fsp3) is 0.692. The third-order valence-electron chi connectivity index (χ3n) is 3.12. The van der Waals surface area contributed by atoms with Gasteiger partial charge in [-0.1, -0.05) is 0 Å². The van der Waals surface area contributed by atoms with Gasteiger partial charge >= 0.3 is 0 Å². The summed E-state index contributed by atoms with van der Waals surface area (Å²) in [5, 5.41) is 6.56. The van der Waals surface area contributed by atoms with Gasteiger partial charge < -0.3 is 15.5 Å². The van der Waals surface area contributed by atoms with Crippen LogP contribution in [0.5, 0.6) is 0 Å². The highest BCUT2D eigenvalue weighted by Gasteiger charge is 2.14. The van der Waals surface area contributed by atoms with Gasteiger partial charge in [-0.2, -0.15) is 4.98 Å². The van der Waals surface area contributed by atoms with E-state index >= 15 is 0 Å². The number of rotatable bonds is 6. The predicted octanol–water partition coefficient (Wildman–Crippen LogP) is 1.80. The third kappa shape index (κ3) is 3.84. The fourth-order valence-electron chi connectivity index (χ4n) is 2.33. The molecule has 1 aromatic rings. The Morgan fingerprint density at radius 2 is 2.17 bits per heavy atom. The minimum absolute atomic E-state index is 0.410. The summed E-state index contributed by atoms with van der Waals surface area (Å²) in [5.41, 5.74) is 0. The predicted molar refractivity (Wildman–Crippen MR) is 75.0 cm³/mol. The molecule has 1 aliphatic heterocycles. The molecule has 0 saturated carbocycles. The van der Waals surface area contributed by atoms with Gasteiger partial charge in [0.15, 0.2) is 0 Å². The Hall–Kier alpha value is -1.36. The maximum Gasteiger partial charge on any atom is 0.224 e. The van der Waals surface area contributed by atoms with E-state index in [2.05, 4.69) is 32.4 Å². The Bertz CT molecular complexity index is 362. The van der Waals surface area contributed by atoms with E-state index in [1.807, 2.05) is 13.0 Å². The third-order valence-corrected chi connectivity index (χ3v) is 3.12.